The van der Waals surface area contributed by atoms with Gasteiger partial charge in [-0.05, 0) is 49.8 Å². The molecule has 134 valence electrons. The number of rotatable bonds is 6. The molecule has 0 saturated heterocycles. The molecule has 0 saturated carbocycles. The van der Waals surface area contributed by atoms with Crippen LogP contribution in [0.25, 0.3) is 6.08 Å². The van der Waals surface area contributed by atoms with Crippen LogP contribution in [-0.2, 0) is 14.3 Å². The van der Waals surface area contributed by atoms with E-state index < -0.39 is 11.9 Å². The fraction of sp³-hybridized carbons (Fsp3) is 0.211. The molecule has 2 rings (SSSR count). The third-order valence-corrected chi connectivity index (χ3v) is 3.63. The van der Waals surface area contributed by atoms with E-state index in [1.54, 1.807) is 28.9 Å². The van der Waals surface area contributed by atoms with E-state index in [9.17, 15) is 14.9 Å². The first-order valence-corrected chi connectivity index (χ1v) is 7.82. The van der Waals surface area contributed by atoms with Crippen LogP contribution in [0.4, 0.5) is 0 Å². The Bertz CT molecular complexity index is 854. The molecule has 0 aliphatic heterocycles. The Morgan fingerprint density at radius 1 is 1.15 bits per heavy atom. The lowest BCUT2D eigenvalue weighted by Crippen LogP contribution is -2.25. The van der Waals surface area contributed by atoms with Crippen molar-refractivity contribution < 1.29 is 19.1 Å². The summed E-state index contributed by atoms with van der Waals surface area (Å²) in [5.74, 6) is -0.497. The van der Waals surface area contributed by atoms with Gasteiger partial charge in [-0.15, -0.1) is 0 Å². The van der Waals surface area contributed by atoms with Crippen LogP contribution < -0.4 is 10.2 Å². The van der Waals surface area contributed by atoms with Crippen LogP contribution in [0.5, 0.6) is 5.75 Å². The van der Waals surface area contributed by atoms with E-state index in [4.69, 9.17) is 4.74 Å². The zero-order chi connectivity index (χ0) is 19.1. The second kappa shape index (κ2) is 8.53. The molecule has 1 amide bonds. The van der Waals surface area contributed by atoms with Crippen molar-refractivity contribution in [3.05, 3.63) is 58.9 Å². The average Bonchev–Trinajstić information content (AvgIpc) is 2.96. The van der Waals surface area contributed by atoms with Gasteiger partial charge in [-0.1, -0.05) is 12.1 Å². The number of hydrogen-bond acceptors (Lipinski definition) is 5. The second-order valence-corrected chi connectivity index (χ2v) is 5.50. The van der Waals surface area contributed by atoms with Crippen molar-refractivity contribution in [1.29, 1.82) is 5.26 Å². The quantitative estimate of drug-likeness (QED) is 0.489. The van der Waals surface area contributed by atoms with E-state index in [2.05, 4.69) is 10.2 Å². The Kier molecular flexibility index (Phi) is 6.17. The maximum absolute atomic E-state index is 12.3. The standard InChI is InChI=1S/C19H19N3O4/c1-13-4-5-14(2)22(13)21-19(24)16(11-20)10-15-6-8-17(9-7-15)26-12-18(23)25-3/h4-10H,12H2,1-3H3,(H,21,24)/b16-10-. The number of carbonyl (C=O) groups excluding carboxylic acids is 2. The van der Waals surface area contributed by atoms with Crippen molar-refractivity contribution in [2.75, 3.05) is 19.1 Å². The number of nitriles is 1. The zero-order valence-corrected chi connectivity index (χ0v) is 14.8. The summed E-state index contributed by atoms with van der Waals surface area (Å²) in [4.78, 5) is 23.4. The van der Waals surface area contributed by atoms with Crippen LogP contribution in [0, 0.1) is 25.2 Å². The predicted octanol–water partition coefficient (Wildman–Crippen LogP) is 2.33. The Morgan fingerprint density at radius 2 is 1.77 bits per heavy atom. The highest BCUT2D eigenvalue weighted by atomic mass is 16.6. The molecule has 0 fully saturated rings. The first kappa shape index (κ1) is 18.8. The Labute approximate surface area is 151 Å². The fourth-order valence-corrected chi connectivity index (χ4v) is 2.18. The van der Waals surface area contributed by atoms with Gasteiger partial charge in [-0.25, -0.2) is 4.79 Å². The largest absolute Gasteiger partial charge is 0.482 e. The number of aryl methyl sites for hydroxylation is 2. The molecule has 26 heavy (non-hydrogen) atoms. The summed E-state index contributed by atoms with van der Waals surface area (Å²) in [6.07, 6.45) is 1.48. The maximum Gasteiger partial charge on any atom is 0.343 e. The minimum atomic E-state index is -0.499. The molecule has 0 aliphatic rings. The number of carbonyl (C=O) groups is 2. The number of ether oxygens (including phenoxy) is 2. The highest BCUT2D eigenvalue weighted by molar-refractivity contribution is 6.06. The number of nitrogens with one attached hydrogen (secondary N) is 1. The van der Waals surface area contributed by atoms with Crippen molar-refractivity contribution in [3.63, 3.8) is 0 Å². The van der Waals surface area contributed by atoms with Gasteiger partial charge in [0, 0.05) is 11.4 Å². The number of amides is 1. The van der Waals surface area contributed by atoms with Gasteiger partial charge in [-0.3, -0.25) is 14.9 Å². The van der Waals surface area contributed by atoms with Crippen LogP contribution in [-0.4, -0.2) is 30.3 Å². The van der Waals surface area contributed by atoms with Gasteiger partial charge in [0.05, 0.1) is 7.11 Å². The average molecular weight is 353 g/mol. The first-order valence-electron chi connectivity index (χ1n) is 7.82. The van der Waals surface area contributed by atoms with Crippen LogP contribution in [0.2, 0.25) is 0 Å². The number of nitrogens with zero attached hydrogens (tertiary/aromatic N) is 2. The fourth-order valence-electron chi connectivity index (χ4n) is 2.18. The third-order valence-electron chi connectivity index (χ3n) is 3.63. The summed E-state index contributed by atoms with van der Waals surface area (Å²) >= 11 is 0. The molecule has 1 aromatic heterocycles. The molecule has 0 radical (unpaired) electrons. The number of methoxy groups -OCH3 is 1. The van der Waals surface area contributed by atoms with Crippen molar-refractivity contribution in [2.24, 2.45) is 0 Å². The lowest BCUT2D eigenvalue weighted by Gasteiger charge is -2.10. The van der Waals surface area contributed by atoms with Crippen molar-refractivity contribution in [2.45, 2.75) is 13.8 Å². The number of benzene rings is 1. The molecule has 1 N–H and O–H groups in total. The third kappa shape index (κ3) is 4.74. The van der Waals surface area contributed by atoms with Crippen molar-refractivity contribution in [1.82, 2.24) is 4.68 Å². The molecule has 0 bridgehead atoms. The maximum atomic E-state index is 12.3. The monoisotopic (exact) mass is 353 g/mol. The molecule has 0 spiro atoms. The van der Waals surface area contributed by atoms with E-state index >= 15 is 0 Å². The topological polar surface area (TPSA) is 93.3 Å². The Morgan fingerprint density at radius 3 is 2.31 bits per heavy atom. The molecule has 7 nitrogen and oxygen atoms in total. The van der Waals surface area contributed by atoms with E-state index in [1.165, 1.54) is 13.2 Å². The van der Waals surface area contributed by atoms with E-state index in [0.717, 1.165) is 11.4 Å². The molecular weight excluding hydrogens is 334 g/mol. The van der Waals surface area contributed by atoms with Gasteiger partial charge < -0.3 is 9.47 Å². The molecule has 1 aromatic carbocycles. The predicted molar refractivity (Wildman–Crippen MR) is 95.8 cm³/mol. The van der Waals surface area contributed by atoms with E-state index in [-0.39, 0.29) is 12.2 Å². The van der Waals surface area contributed by atoms with Gasteiger partial charge in [0.2, 0.25) is 0 Å². The Hall–Kier alpha value is -3.53. The van der Waals surface area contributed by atoms with Gasteiger partial charge in [0.15, 0.2) is 6.61 Å². The summed E-state index contributed by atoms with van der Waals surface area (Å²) in [5.41, 5.74) is 5.04. The molecule has 0 aliphatic carbocycles. The summed E-state index contributed by atoms with van der Waals surface area (Å²) in [5, 5.41) is 9.29. The minimum absolute atomic E-state index is 0.0271. The summed E-state index contributed by atoms with van der Waals surface area (Å²) in [6, 6.07) is 12.3. The molecule has 2 aromatic rings. The summed E-state index contributed by atoms with van der Waals surface area (Å²) < 4.78 is 11.4. The molecule has 0 unspecified atom stereocenters. The lowest BCUT2D eigenvalue weighted by molar-refractivity contribution is -0.142. The van der Waals surface area contributed by atoms with Crippen LogP contribution in [0.3, 0.4) is 0 Å². The lowest BCUT2D eigenvalue weighted by atomic mass is 10.1. The van der Waals surface area contributed by atoms with Crippen LogP contribution in [0.1, 0.15) is 17.0 Å². The van der Waals surface area contributed by atoms with Crippen molar-refractivity contribution >= 4 is 18.0 Å². The van der Waals surface area contributed by atoms with Crippen LogP contribution in [0.15, 0.2) is 42.0 Å². The molecular formula is C19H19N3O4. The smallest absolute Gasteiger partial charge is 0.343 e. The van der Waals surface area contributed by atoms with Gasteiger partial charge in [0.25, 0.3) is 5.91 Å². The summed E-state index contributed by atoms with van der Waals surface area (Å²) in [6.45, 7) is 3.53. The van der Waals surface area contributed by atoms with Gasteiger partial charge >= 0.3 is 5.97 Å². The van der Waals surface area contributed by atoms with Gasteiger partial charge in [0.1, 0.15) is 17.4 Å². The molecule has 7 heteroatoms. The van der Waals surface area contributed by atoms with E-state index in [1.807, 2.05) is 32.0 Å². The molecule has 0 atom stereocenters. The minimum Gasteiger partial charge on any atom is -0.482 e. The molecule has 1 heterocycles. The highest BCUT2D eigenvalue weighted by Crippen LogP contribution is 2.15. The number of hydrogen-bond donors (Lipinski definition) is 1. The Balaban J connectivity index is 2.09. The second-order valence-electron chi connectivity index (χ2n) is 5.50. The van der Waals surface area contributed by atoms with Gasteiger partial charge in [-0.2, -0.15) is 5.26 Å². The zero-order valence-electron chi connectivity index (χ0n) is 14.8. The normalized spacial score (nSPS) is 10.8. The van der Waals surface area contributed by atoms with Crippen molar-refractivity contribution in [3.8, 4) is 11.8 Å². The SMILES string of the molecule is COC(=O)COc1ccc(/C=C(/C#N)C(=O)Nn2c(C)ccc2C)cc1. The number of aromatic nitrogens is 1. The number of esters is 1. The summed E-state index contributed by atoms with van der Waals surface area (Å²) in [7, 11) is 1.28. The highest BCUT2D eigenvalue weighted by Gasteiger charge is 2.11. The van der Waals surface area contributed by atoms with E-state index in [0.29, 0.717) is 11.3 Å². The first-order chi connectivity index (χ1) is 12.4. The van der Waals surface area contributed by atoms with Crippen LogP contribution >= 0.6 is 0 Å².